The normalized spacial score (nSPS) is 21.3. The molecule has 1 fully saturated rings. The van der Waals surface area contributed by atoms with Crippen LogP contribution in [0.1, 0.15) is 22.1 Å². The van der Waals surface area contributed by atoms with Gasteiger partial charge in [-0.1, -0.05) is 12.1 Å². The summed E-state index contributed by atoms with van der Waals surface area (Å²) in [5.41, 5.74) is 0.461. The first-order chi connectivity index (χ1) is 9.14. The molecular weight excluding hydrogens is 250 g/mol. The van der Waals surface area contributed by atoms with Crippen LogP contribution in [0.2, 0.25) is 0 Å². The molecule has 0 radical (unpaired) electrons. The molecule has 1 heterocycles. The van der Waals surface area contributed by atoms with Gasteiger partial charge in [0.05, 0.1) is 38.0 Å². The Labute approximate surface area is 111 Å². The van der Waals surface area contributed by atoms with E-state index in [1.807, 2.05) is 0 Å². The number of carbonyl (C=O) groups is 1. The van der Waals surface area contributed by atoms with Crippen LogP contribution in [-0.4, -0.2) is 48.7 Å². The van der Waals surface area contributed by atoms with Gasteiger partial charge in [0.1, 0.15) is 6.23 Å². The fourth-order valence-electron chi connectivity index (χ4n) is 1.93. The van der Waals surface area contributed by atoms with Crippen LogP contribution < -0.4 is 5.32 Å². The van der Waals surface area contributed by atoms with Crippen molar-refractivity contribution < 1.29 is 24.5 Å². The smallest absolute Gasteiger partial charge is 0.337 e. The summed E-state index contributed by atoms with van der Waals surface area (Å²) in [6.07, 6.45) is -0.411. The summed E-state index contributed by atoms with van der Waals surface area (Å²) >= 11 is 0. The SMILES string of the molecule is COC(=O)c1ccc(C2NC(CO)(CO)CO2)cc1. The zero-order valence-corrected chi connectivity index (χ0v) is 10.6. The van der Waals surface area contributed by atoms with Crippen LogP contribution in [0, 0.1) is 0 Å². The van der Waals surface area contributed by atoms with Gasteiger partial charge in [-0.05, 0) is 17.7 Å². The van der Waals surface area contributed by atoms with Crippen molar-refractivity contribution in [3.05, 3.63) is 35.4 Å². The van der Waals surface area contributed by atoms with Gasteiger partial charge in [-0.2, -0.15) is 0 Å². The van der Waals surface area contributed by atoms with E-state index in [2.05, 4.69) is 10.1 Å². The Morgan fingerprint density at radius 2 is 2.05 bits per heavy atom. The molecule has 0 bridgehead atoms. The summed E-state index contributed by atoms with van der Waals surface area (Å²) in [4.78, 5) is 11.3. The topological polar surface area (TPSA) is 88.0 Å². The van der Waals surface area contributed by atoms with E-state index < -0.39 is 17.7 Å². The number of methoxy groups -OCH3 is 1. The van der Waals surface area contributed by atoms with E-state index in [0.29, 0.717) is 5.56 Å². The number of hydrogen-bond acceptors (Lipinski definition) is 6. The van der Waals surface area contributed by atoms with E-state index >= 15 is 0 Å². The second-order valence-corrected chi connectivity index (χ2v) is 4.55. The van der Waals surface area contributed by atoms with Crippen molar-refractivity contribution in [2.75, 3.05) is 26.9 Å². The van der Waals surface area contributed by atoms with Crippen molar-refractivity contribution in [2.45, 2.75) is 11.8 Å². The number of hydrogen-bond donors (Lipinski definition) is 3. The van der Waals surface area contributed by atoms with Crippen molar-refractivity contribution in [3.8, 4) is 0 Å². The molecule has 0 spiro atoms. The number of nitrogens with one attached hydrogen (secondary N) is 1. The molecular formula is C13H17NO5. The van der Waals surface area contributed by atoms with Crippen LogP contribution in [0.5, 0.6) is 0 Å². The van der Waals surface area contributed by atoms with E-state index in [1.165, 1.54) is 7.11 Å². The molecule has 0 amide bonds. The van der Waals surface area contributed by atoms with E-state index in [0.717, 1.165) is 5.56 Å². The van der Waals surface area contributed by atoms with Crippen molar-refractivity contribution in [1.82, 2.24) is 5.32 Å². The molecule has 3 N–H and O–H groups in total. The minimum Gasteiger partial charge on any atom is -0.465 e. The zero-order valence-electron chi connectivity index (χ0n) is 10.6. The first kappa shape index (κ1) is 14.0. The van der Waals surface area contributed by atoms with Crippen molar-refractivity contribution in [1.29, 1.82) is 0 Å². The lowest BCUT2D eigenvalue weighted by atomic mass is 10.0. The summed E-state index contributed by atoms with van der Waals surface area (Å²) < 4.78 is 10.1. The van der Waals surface area contributed by atoms with Crippen molar-refractivity contribution in [2.24, 2.45) is 0 Å². The minimum atomic E-state index is -0.814. The Morgan fingerprint density at radius 1 is 1.42 bits per heavy atom. The molecule has 0 aromatic heterocycles. The quantitative estimate of drug-likeness (QED) is 0.656. The molecule has 1 atom stereocenters. The van der Waals surface area contributed by atoms with E-state index in [9.17, 15) is 15.0 Å². The monoisotopic (exact) mass is 267 g/mol. The number of carbonyl (C=O) groups excluding carboxylic acids is 1. The van der Waals surface area contributed by atoms with E-state index in [4.69, 9.17) is 4.74 Å². The molecule has 1 aliphatic heterocycles. The minimum absolute atomic E-state index is 0.208. The molecule has 6 nitrogen and oxygen atoms in total. The Balaban J connectivity index is 2.10. The lowest BCUT2D eigenvalue weighted by Gasteiger charge is -2.23. The summed E-state index contributed by atoms with van der Waals surface area (Å²) in [6.45, 7) is -0.191. The molecule has 6 heteroatoms. The number of esters is 1. The summed E-state index contributed by atoms with van der Waals surface area (Å²) in [6, 6.07) is 6.78. The maximum atomic E-state index is 11.3. The zero-order chi connectivity index (χ0) is 13.9. The highest BCUT2D eigenvalue weighted by atomic mass is 16.5. The first-order valence-electron chi connectivity index (χ1n) is 5.93. The first-order valence-corrected chi connectivity index (χ1v) is 5.93. The number of ether oxygens (including phenoxy) is 2. The molecule has 104 valence electrons. The maximum Gasteiger partial charge on any atom is 0.337 e. The number of aliphatic hydroxyl groups is 2. The van der Waals surface area contributed by atoms with Crippen molar-refractivity contribution in [3.63, 3.8) is 0 Å². The van der Waals surface area contributed by atoms with E-state index in [1.54, 1.807) is 24.3 Å². The molecule has 1 aromatic rings. The standard InChI is InChI=1S/C13H17NO5/c1-18-12(17)10-4-2-9(3-5-10)11-14-13(6-15,7-16)8-19-11/h2-5,11,14-16H,6-8H2,1H3. The van der Waals surface area contributed by atoms with Crippen LogP contribution in [0.25, 0.3) is 0 Å². The van der Waals surface area contributed by atoms with Gasteiger partial charge < -0.3 is 19.7 Å². The van der Waals surface area contributed by atoms with Gasteiger partial charge in [-0.3, -0.25) is 5.32 Å². The van der Waals surface area contributed by atoms with Gasteiger partial charge in [-0.15, -0.1) is 0 Å². The fourth-order valence-corrected chi connectivity index (χ4v) is 1.93. The predicted molar refractivity (Wildman–Crippen MR) is 66.5 cm³/mol. The Hall–Kier alpha value is -1.47. The van der Waals surface area contributed by atoms with Gasteiger partial charge in [0.2, 0.25) is 0 Å². The molecule has 0 saturated carbocycles. The van der Waals surface area contributed by atoms with E-state index in [-0.39, 0.29) is 19.8 Å². The average Bonchev–Trinajstić information content (AvgIpc) is 2.92. The van der Waals surface area contributed by atoms with Gasteiger partial charge in [0.15, 0.2) is 0 Å². The fraction of sp³-hybridized carbons (Fsp3) is 0.462. The molecule has 1 saturated heterocycles. The lowest BCUT2D eigenvalue weighted by Crippen LogP contribution is -2.49. The van der Waals surface area contributed by atoms with Gasteiger partial charge in [0.25, 0.3) is 0 Å². The summed E-state index contributed by atoms with van der Waals surface area (Å²) in [5, 5.41) is 21.6. The largest absolute Gasteiger partial charge is 0.465 e. The Morgan fingerprint density at radius 3 is 2.53 bits per heavy atom. The lowest BCUT2D eigenvalue weighted by molar-refractivity contribution is 0.0600. The third-order valence-electron chi connectivity index (χ3n) is 3.20. The molecule has 2 rings (SSSR count). The second-order valence-electron chi connectivity index (χ2n) is 4.55. The highest BCUT2D eigenvalue weighted by molar-refractivity contribution is 5.89. The Kier molecular flexibility index (Phi) is 4.16. The maximum absolute atomic E-state index is 11.3. The van der Waals surface area contributed by atoms with Crippen LogP contribution in [0.15, 0.2) is 24.3 Å². The third kappa shape index (κ3) is 2.76. The van der Waals surface area contributed by atoms with Crippen LogP contribution >= 0.6 is 0 Å². The second kappa shape index (κ2) is 5.66. The number of benzene rings is 1. The van der Waals surface area contributed by atoms with Crippen molar-refractivity contribution >= 4 is 5.97 Å². The Bertz CT molecular complexity index is 441. The highest BCUT2D eigenvalue weighted by Crippen LogP contribution is 2.26. The van der Waals surface area contributed by atoms with Gasteiger partial charge in [-0.25, -0.2) is 4.79 Å². The van der Waals surface area contributed by atoms with Crippen LogP contribution in [-0.2, 0) is 9.47 Å². The molecule has 1 unspecified atom stereocenters. The highest BCUT2D eigenvalue weighted by Gasteiger charge is 2.39. The summed E-state index contributed by atoms with van der Waals surface area (Å²) in [7, 11) is 1.33. The summed E-state index contributed by atoms with van der Waals surface area (Å²) in [5.74, 6) is -0.396. The molecule has 1 aromatic carbocycles. The molecule has 0 aliphatic carbocycles. The number of rotatable bonds is 4. The van der Waals surface area contributed by atoms with Gasteiger partial charge >= 0.3 is 5.97 Å². The molecule has 19 heavy (non-hydrogen) atoms. The van der Waals surface area contributed by atoms with Gasteiger partial charge in [0, 0.05) is 0 Å². The van der Waals surface area contributed by atoms with Crippen LogP contribution in [0.3, 0.4) is 0 Å². The number of aliphatic hydroxyl groups excluding tert-OH is 2. The predicted octanol–water partition coefficient (Wildman–Crippen LogP) is -0.185. The average molecular weight is 267 g/mol. The van der Waals surface area contributed by atoms with Crippen LogP contribution in [0.4, 0.5) is 0 Å². The third-order valence-corrected chi connectivity index (χ3v) is 3.20. The molecule has 1 aliphatic rings.